The Morgan fingerprint density at radius 1 is 1.36 bits per heavy atom. The first-order chi connectivity index (χ1) is 12.3. The van der Waals surface area contributed by atoms with Crippen molar-refractivity contribution >= 4 is 11.0 Å². The van der Waals surface area contributed by atoms with Gasteiger partial charge in [-0.05, 0) is 24.8 Å². The molecule has 3 aromatic heterocycles. The van der Waals surface area contributed by atoms with Gasteiger partial charge in [0.05, 0.1) is 35.7 Å². The summed E-state index contributed by atoms with van der Waals surface area (Å²) >= 11 is 0. The molecule has 0 N–H and O–H groups in total. The van der Waals surface area contributed by atoms with Gasteiger partial charge < -0.3 is 0 Å². The van der Waals surface area contributed by atoms with Crippen molar-refractivity contribution in [3.05, 3.63) is 35.9 Å². The van der Waals surface area contributed by atoms with Gasteiger partial charge in [-0.1, -0.05) is 12.8 Å². The molecule has 0 amide bonds. The summed E-state index contributed by atoms with van der Waals surface area (Å²) in [7, 11) is 0. The number of hydrogen-bond acceptors (Lipinski definition) is 6. The van der Waals surface area contributed by atoms with Gasteiger partial charge in [-0.2, -0.15) is 15.0 Å². The molecule has 1 aliphatic carbocycles. The molecule has 4 rings (SSSR count). The maximum absolute atomic E-state index is 10.8. The van der Waals surface area contributed by atoms with E-state index in [1.165, 1.54) is 23.8 Å². The predicted octanol–water partition coefficient (Wildman–Crippen LogP) is 3.47. The van der Waals surface area contributed by atoms with Crippen LogP contribution in [0.25, 0.3) is 22.3 Å². The highest BCUT2D eigenvalue weighted by atomic mass is 16.3. The van der Waals surface area contributed by atoms with Crippen molar-refractivity contribution in [2.24, 2.45) is 11.2 Å². The summed E-state index contributed by atoms with van der Waals surface area (Å²) in [5.41, 5.74) is 2.02. The summed E-state index contributed by atoms with van der Waals surface area (Å²) in [6.07, 6.45) is 11.9. The second-order valence-electron chi connectivity index (χ2n) is 6.38. The van der Waals surface area contributed by atoms with E-state index in [1.54, 1.807) is 18.5 Å². The first-order valence-corrected chi connectivity index (χ1v) is 8.39. The fraction of sp³-hybridized carbons (Fsp3) is 0.412. The molecule has 0 radical (unpaired) electrons. The van der Waals surface area contributed by atoms with E-state index in [0.29, 0.717) is 23.7 Å². The standard InChI is InChI=1S/C17H17N7O/c18-7-5-15(12-3-1-2-4-12)24-10-13(9-21-24)16-14-6-8-23(22-25)17(14)20-11-19-16/h6,8-12,15H,1-5H2/t15-/m1/s1. The Hall–Kier alpha value is -3.08. The maximum atomic E-state index is 10.8. The second-order valence-corrected chi connectivity index (χ2v) is 6.38. The Balaban J connectivity index is 1.72. The Labute approximate surface area is 144 Å². The van der Waals surface area contributed by atoms with E-state index in [0.717, 1.165) is 23.8 Å². The molecule has 1 fully saturated rings. The van der Waals surface area contributed by atoms with Crippen LogP contribution in [0.3, 0.4) is 0 Å². The number of nitrogens with zero attached hydrogens (tertiary/aromatic N) is 7. The van der Waals surface area contributed by atoms with Gasteiger partial charge in [-0.25, -0.2) is 9.97 Å². The van der Waals surface area contributed by atoms with Gasteiger partial charge in [0.15, 0.2) is 5.65 Å². The highest BCUT2D eigenvalue weighted by Gasteiger charge is 2.27. The zero-order chi connectivity index (χ0) is 17.2. The SMILES string of the molecule is N#CC[C@H](C1CCCC1)n1cc(-c2ncnc3c2ccn3N=O)cn1. The smallest absolute Gasteiger partial charge is 0.167 e. The topological polar surface area (TPSA) is 102 Å². The van der Waals surface area contributed by atoms with E-state index in [2.05, 4.69) is 26.4 Å². The Bertz CT molecular complexity index is 945. The minimum absolute atomic E-state index is 0.0971. The molecular formula is C17H17N7O. The van der Waals surface area contributed by atoms with Crippen LogP contribution in [0, 0.1) is 22.2 Å². The summed E-state index contributed by atoms with van der Waals surface area (Å²) < 4.78 is 3.08. The molecule has 0 saturated heterocycles. The second kappa shape index (κ2) is 6.43. The average molecular weight is 335 g/mol. The van der Waals surface area contributed by atoms with Crippen molar-refractivity contribution < 1.29 is 0 Å². The Morgan fingerprint density at radius 3 is 2.96 bits per heavy atom. The van der Waals surface area contributed by atoms with Gasteiger partial charge in [0.1, 0.15) is 6.33 Å². The third-order valence-corrected chi connectivity index (χ3v) is 5.01. The zero-order valence-corrected chi connectivity index (χ0v) is 13.6. The van der Waals surface area contributed by atoms with Crippen molar-refractivity contribution in [3.63, 3.8) is 0 Å². The number of fused-ring (bicyclic) bond motifs is 1. The third kappa shape index (κ3) is 2.67. The average Bonchev–Trinajstić information content (AvgIpc) is 3.39. The largest absolute Gasteiger partial charge is 0.268 e. The minimum atomic E-state index is 0.0971. The van der Waals surface area contributed by atoms with Crippen LogP contribution in [0.15, 0.2) is 36.3 Å². The Kier molecular flexibility index (Phi) is 3.98. The zero-order valence-electron chi connectivity index (χ0n) is 13.6. The van der Waals surface area contributed by atoms with E-state index >= 15 is 0 Å². The molecule has 8 nitrogen and oxygen atoms in total. The molecule has 25 heavy (non-hydrogen) atoms. The molecule has 0 bridgehead atoms. The molecule has 3 heterocycles. The molecular weight excluding hydrogens is 318 g/mol. The van der Waals surface area contributed by atoms with Crippen LogP contribution in [0.4, 0.5) is 0 Å². The number of nitroso groups, excluding NO2 is 1. The molecule has 1 atom stereocenters. The van der Waals surface area contributed by atoms with Crippen LogP contribution >= 0.6 is 0 Å². The lowest BCUT2D eigenvalue weighted by Gasteiger charge is -2.21. The molecule has 0 unspecified atom stereocenters. The van der Waals surface area contributed by atoms with Crippen molar-refractivity contribution in [2.75, 3.05) is 0 Å². The number of aromatic nitrogens is 5. The van der Waals surface area contributed by atoms with Crippen LogP contribution in [0.2, 0.25) is 0 Å². The number of hydrogen-bond donors (Lipinski definition) is 0. The van der Waals surface area contributed by atoms with Gasteiger partial charge in [-0.15, -0.1) is 4.91 Å². The molecule has 1 saturated carbocycles. The van der Waals surface area contributed by atoms with Gasteiger partial charge in [-0.3, -0.25) is 4.68 Å². The maximum Gasteiger partial charge on any atom is 0.167 e. The quantitative estimate of drug-likeness (QED) is 0.664. The van der Waals surface area contributed by atoms with E-state index < -0.39 is 0 Å². The van der Waals surface area contributed by atoms with E-state index in [9.17, 15) is 10.2 Å². The molecule has 0 aliphatic heterocycles. The first-order valence-electron chi connectivity index (χ1n) is 8.39. The van der Waals surface area contributed by atoms with Gasteiger partial charge >= 0.3 is 0 Å². The van der Waals surface area contributed by atoms with Crippen molar-refractivity contribution in [3.8, 4) is 17.3 Å². The minimum Gasteiger partial charge on any atom is -0.268 e. The molecule has 0 aromatic carbocycles. The lowest BCUT2D eigenvalue weighted by atomic mass is 9.96. The lowest BCUT2D eigenvalue weighted by molar-refractivity contribution is 0.315. The molecule has 1 aliphatic rings. The van der Waals surface area contributed by atoms with Crippen LogP contribution in [-0.2, 0) is 0 Å². The van der Waals surface area contributed by atoms with Crippen LogP contribution in [-0.4, -0.2) is 24.4 Å². The van der Waals surface area contributed by atoms with E-state index in [4.69, 9.17) is 0 Å². The van der Waals surface area contributed by atoms with Crippen LogP contribution in [0.1, 0.15) is 38.1 Å². The number of rotatable bonds is 5. The normalized spacial score (nSPS) is 16.1. The highest BCUT2D eigenvalue weighted by molar-refractivity contribution is 5.90. The fourth-order valence-electron chi connectivity index (χ4n) is 3.79. The van der Waals surface area contributed by atoms with E-state index in [-0.39, 0.29) is 6.04 Å². The fourth-order valence-corrected chi connectivity index (χ4v) is 3.79. The summed E-state index contributed by atoms with van der Waals surface area (Å²) in [5, 5.41) is 17.4. The summed E-state index contributed by atoms with van der Waals surface area (Å²) in [5.74, 6) is 0.498. The Morgan fingerprint density at radius 2 is 2.20 bits per heavy atom. The van der Waals surface area contributed by atoms with Crippen LogP contribution in [0.5, 0.6) is 0 Å². The summed E-state index contributed by atoms with van der Waals surface area (Å²) in [6, 6.07) is 4.16. The summed E-state index contributed by atoms with van der Waals surface area (Å²) in [4.78, 5) is 19.3. The molecule has 0 spiro atoms. The van der Waals surface area contributed by atoms with Gasteiger partial charge in [0.25, 0.3) is 0 Å². The molecule has 126 valence electrons. The summed E-state index contributed by atoms with van der Waals surface area (Å²) in [6.45, 7) is 0. The predicted molar refractivity (Wildman–Crippen MR) is 91.2 cm³/mol. The van der Waals surface area contributed by atoms with Gasteiger partial charge in [0.2, 0.25) is 0 Å². The molecule has 8 heteroatoms. The lowest BCUT2D eigenvalue weighted by Crippen LogP contribution is -2.17. The number of nitriles is 1. The van der Waals surface area contributed by atoms with Crippen molar-refractivity contribution in [2.45, 2.75) is 38.1 Å². The highest BCUT2D eigenvalue weighted by Crippen LogP contribution is 2.36. The van der Waals surface area contributed by atoms with Crippen LogP contribution < -0.4 is 0 Å². The van der Waals surface area contributed by atoms with Crippen molar-refractivity contribution in [1.29, 1.82) is 5.26 Å². The monoisotopic (exact) mass is 335 g/mol. The van der Waals surface area contributed by atoms with E-state index in [1.807, 2.05) is 10.9 Å². The first kappa shape index (κ1) is 15.4. The van der Waals surface area contributed by atoms with Crippen molar-refractivity contribution in [1.82, 2.24) is 24.4 Å². The third-order valence-electron chi connectivity index (χ3n) is 5.01. The van der Waals surface area contributed by atoms with Gasteiger partial charge in [0, 0.05) is 23.3 Å². The molecule has 3 aromatic rings.